The van der Waals surface area contributed by atoms with Gasteiger partial charge in [0.1, 0.15) is 0 Å². The second-order valence-electron chi connectivity index (χ2n) is 6.11. The summed E-state index contributed by atoms with van der Waals surface area (Å²) in [7, 11) is 0. The molecule has 2 aliphatic heterocycles. The number of nitrogens with one attached hydrogen (secondary N) is 1. The van der Waals surface area contributed by atoms with Gasteiger partial charge in [-0.1, -0.05) is 0 Å². The summed E-state index contributed by atoms with van der Waals surface area (Å²) in [5.74, 6) is -0.938. The quantitative estimate of drug-likeness (QED) is 0.778. The van der Waals surface area contributed by atoms with Gasteiger partial charge in [-0.05, 0) is 25.7 Å². The number of likely N-dealkylation sites (tertiary alicyclic amines) is 1. The molecule has 3 aliphatic rings. The van der Waals surface area contributed by atoms with E-state index in [4.69, 9.17) is 5.11 Å². The molecule has 0 radical (unpaired) electrons. The molecule has 2 atom stereocenters. The van der Waals surface area contributed by atoms with Crippen molar-refractivity contribution in [1.82, 2.24) is 15.1 Å². The number of hydrogen-bond donors (Lipinski definition) is 2. The normalized spacial score (nSPS) is 28.0. The molecule has 3 fully saturated rings. The van der Waals surface area contributed by atoms with Gasteiger partial charge in [-0.2, -0.15) is 0 Å². The molecule has 7 nitrogen and oxygen atoms in total. The Balaban J connectivity index is 1.69. The molecule has 2 unspecified atom stereocenters. The lowest BCUT2D eigenvalue weighted by molar-refractivity contribution is -0.137. The third kappa shape index (κ3) is 2.82. The van der Waals surface area contributed by atoms with Gasteiger partial charge < -0.3 is 20.2 Å². The summed E-state index contributed by atoms with van der Waals surface area (Å²) in [6, 6.07) is 0.0251. The van der Waals surface area contributed by atoms with Gasteiger partial charge in [0, 0.05) is 25.7 Å². The summed E-state index contributed by atoms with van der Waals surface area (Å²) >= 11 is 0. The van der Waals surface area contributed by atoms with Crippen molar-refractivity contribution in [3.8, 4) is 0 Å². The van der Waals surface area contributed by atoms with Crippen LogP contribution in [0.2, 0.25) is 0 Å². The van der Waals surface area contributed by atoms with E-state index in [9.17, 15) is 14.4 Å². The van der Waals surface area contributed by atoms with Crippen LogP contribution in [0, 0.1) is 5.92 Å². The van der Waals surface area contributed by atoms with Crippen molar-refractivity contribution >= 4 is 17.9 Å². The number of hydrogen-bond acceptors (Lipinski definition) is 3. The summed E-state index contributed by atoms with van der Waals surface area (Å²) in [5.41, 5.74) is 0. The first-order valence-electron chi connectivity index (χ1n) is 7.64. The molecule has 1 saturated carbocycles. The number of piperidine rings is 1. The van der Waals surface area contributed by atoms with E-state index in [0.717, 1.165) is 25.7 Å². The Morgan fingerprint density at radius 2 is 2.10 bits per heavy atom. The lowest BCUT2D eigenvalue weighted by atomic mass is 9.92. The number of amides is 3. The molecule has 7 heteroatoms. The van der Waals surface area contributed by atoms with Crippen molar-refractivity contribution in [2.45, 2.75) is 44.2 Å². The number of fused-ring (bicyclic) bond motifs is 1. The number of rotatable bonds is 4. The molecular weight excluding hydrogens is 274 g/mol. The van der Waals surface area contributed by atoms with Crippen molar-refractivity contribution in [3.63, 3.8) is 0 Å². The minimum atomic E-state index is -0.886. The number of carbonyl (C=O) groups is 3. The van der Waals surface area contributed by atoms with Crippen LogP contribution in [-0.4, -0.2) is 64.5 Å². The molecule has 2 saturated heterocycles. The van der Waals surface area contributed by atoms with Crippen molar-refractivity contribution in [2.24, 2.45) is 5.92 Å². The summed E-state index contributed by atoms with van der Waals surface area (Å²) in [6.45, 7) is 1.44. The van der Waals surface area contributed by atoms with E-state index in [0.29, 0.717) is 13.1 Å². The lowest BCUT2D eigenvalue weighted by Gasteiger charge is -2.39. The molecule has 21 heavy (non-hydrogen) atoms. The molecule has 3 amide bonds. The zero-order chi connectivity index (χ0) is 15.0. The average molecular weight is 295 g/mol. The number of carbonyl (C=O) groups excluding carboxylic acids is 2. The fourth-order valence-corrected chi connectivity index (χ4v) is 3.39. The van der Waals surface area contributed by atoms with Gasteiger partial charge in [-0.3, -0.25) is 9.59 Å². The van der Waals surface area contributed by atoms with Crippen molar-refractivity contribution in [3.05, 3.63) is 0 Å². The third-order valence-electron chi connectivity index (χ3n) is 4.65. The molecule has 116 valence electrons. The minimum Gasteiger partial charge on any atom is -0.481 e. The van der Waals surface area contributed by atoms with Crippen molar-refractivity contribution in [2.75, 3.05) is 19.6 Å². The monoisotopic (exact) mass is 295 g/mol. The molecule has 0 bridgehead atoms. The van der Waals surface area contributed by atoms with Gasteiger partial charge in [0.05, 0.1) is 18.4 Å². The Hall–Kier alpha value is -1.79. The first-order valence-corrected chi connectivity index (χ1v) is 7.64. The fraction of sp³-hybridized carbons (Fsp3) is 0.786. The number of carboxylic acids is 1. The van der Waals surface area contributed by atoms with E-state index in [-0.39, 0.29) is 42.9 Å². The van der Waals surface area contributed by atoms with Gasteiger partial charge in [-0.25, -0.2) is 4.79 Å². The Morgan fingerprint density at radius 1 is 1.33 bits per heavy atom. The Kier molecular flexibility index (Phi) is 3.73. The molecule has 3 rings (SSSR count). The van der Waals surface area contributed by atoms with Crippen LogP contribution in [0.4, 0.5) is 4.79 Å². The first-order chi connectivity index (χ1) is 10.1. The van der Waals surface area contributed by atoms with Crippen LogP contribution >= 0.6 is 0 Å². The molecule has 2 heterocycles. The van der Waals surface area contributed by atoms with E-state index in [1.807, 2.05) is 0 Å². The molecule has 0 aromatic carbocycles. The highest BCUT2D eigenvalue weighted by Crippen LogP contribution is 2.32. The van der Waals surface area contributed by atoms with E-state index >= 15 is 0 Å². The highest BCUT2D eigenvalue weighted by Gasteiger charge is 2.45. The molecule has 2 N–H and O–H groups in total. The maximum atomic E-state index is 12.8. The summed E-state index contributed by atoms with van der Waals surface area (Å²) in [5, 5.41) is 11.7. The average Bonchev–Trinajstić information content (AvgIpc) is 3.22. The van der Waals surface area contributed by atoms with Gasteiger partial charge in [0.15, 0.2) is 0 Å². The fourth-order valence-electron chi connectivity index (χ4n) is 3.39. The summed E-state index contributed by atoms with van der Waals surface area (Å²) in [4.78, 5) is 38.8. The minimum absolute atomic E-state index is 0.0264. The van der Waals surface area contributed by atoms with Crippen LogP contribution in [0.1, 0.15) is 32.1 Å². The van der Waals surface area contributed by atoms with Crippen LogP contribution in [0.25, 0.3) is 0 Å². The lowest BCUT2D eigenvalue weighted by Crippen LogP contribution is -2.54. The largest absolute Gasteiger partial charge is 0.481 e. The van der Waals surface area contributed by atoms with Crippen molar-refractivity contribution < 1.29 is 19.5 Å². The maximum absolute atomic E-state index is 12.8. The maximum Gasteiger partial charge on any atom is 0.320 e. The van der Waals surface area contributed by atoms with E-state index in [1.165, 1.54) is 0 Å². The van der Waals surface area contributed by atoms with Crippen LogP contribution in [0.5, 0.6) is 0 Å². The third-order valence-corrected chi connectivity index (χ3v) is 4.65. The summed E-state index contributed by atoms with van der Waals surface area (Å²) < 4.78 is 0. The van der Waals surface area contributed by atoms with Crippen LogP contribution in [-0.2, 0) is 9.59 Å². The highest BCUT2D eigenvalue weighted by molar-refractivity contribution is 5.84. The number of aliphatic carboxylic acids is 1. The molecule has 1 aliphatic carbocycles. The SMILES string of the molecule is O=C(O)CCN(C(=O)N1CCCC2C(=O)NCC21)C1CC1. The zero-order valence-electron chi connectivity index (χ0n) is 12.0. The smallest absolute Gasteiger partial charge is 0.320 e. The second-order valence-corrected chi connectivity index (χ2v) is 6.11. The van der Waals surface area contributed by atoms with Crippen LogP contribution < -0.4 is 5.32 Å². The first kappa shape index (κ1) is 14.2. The highest BCUT2D eigenvalue weighted by atomic mass is 16.4. The van der Waals surface area contributed by atoms with E-state index in [2.05, 4.69) is 5.32 Å². The molecule has 0 spiro atoms. The van der Waals surface area contributed by atoms with E-state index in [1.54, 1.807) is 9.80 Å². The number of nitrogens with zero attached hydrogens (tertiary/aromatic N) is 2. The standard InChI is InChI=1S/C14H21N3O4/c18-12(19)5-7-16(9-3-4-9)14(21)17-6-1-2-10-11(17)8-15-13(10)20/h9-11H,1-8H2,(H,15,20)(H,18,19). The van der Waals surface area contributed by atoms with Crippen LogP contribution in [0.3, 0.4) is 0 Å². The van der Waals surface area contributed by atoms with Crippen LogP contribution in [0.15, 0.2) is 0 Å². The number of urea groups is 1. The summed E-state index contributed by atoms with van der Waals surface area (Å²) in [6.07, 6.45) is 3.53. The van der Waals surface area contributed by atoms with Crippen molar-refractivity contribution in [1.29, 1.82) is 0 Å². The van der Waals surface area contributed by atoms with Gasteiger partial charge in [0.25, 0.3) is 0 Å². The van der Waals surface area contributed by atoms with Gasteiger partial charge in [-0.15, -0.1) is 0 Å². The predicted molar refractivity (Wildman–Crippen MR) is 73.6 cm³/mol. The van der Waals surface area contributed by atoms with Gasteiger partial charge >= 0.3 is 12.0 Å². The molecule has 0 aromatic heterocycles. The molecule has 0 aromatic rings. The second kappa shape index (κ2) is 5.54. The Bertz CT molecular complexity index is 463. The molecular formula is C14H21N3O4. The zero-order valence-corrected chi connectivity index (χ0v) is 12.0. The number of carboxylic acid groups (broad SMARTS) is 1. The van der Waals surface area contributed by atoms with E-state index < -0.39 is 5.97 Å². The Labute approximate surface area is 123 Å². The Morgan fingerprint density at radius 3 is 2.76 bits per heavy atom. The predicted octanol–water partition coefficient (Wildman–Crippen LogP) is 0.256. The topological polar surface area (TPSA) is 90.0 Å². The van der Waals surface area contributed by atoms with Gasteiger partial charge in [0.2, 0.25) is 5.91 Å².